The third-order valence-corrected chi connectivity index (χ3v) is 8.19. The van der Waals surface area contributed by atoms with E-state index in [0.29, 0.717) is 26.2 Å². The first-order chi connectivity index (χ1) is 19.0. The number of anilines is 1. The van der Waals surface area contributed by atoms with E-state index < -0.39 is 34.1 Å². The second-order valence-corrected chi connectivity index (χ2v) is 14.1. The average Bonchev–Trinajstić information content (AvgIpc) is 2.86. The third kappa shape index (κ3) is 9.36. The number of amides is 2. The molecular formula is C30H34Cl3N3O4S. The van der Waals surface area contributed by atoms with Crippen LogP contribution in [0.2, 0.25) is 15.1 Å². The Bertz CT molecular complexity index is 1510. The number of benzene rings is 3. The van der Waals surface area contributed by atoms with E-state index in [1.807, 2.05) is 51.1 Å². The number of hydrogen-bond donors (Lipinski definition) is 1. The van der Waals surface area contributed by atoms with Gasteiger partial charge in [-0.25, -0.2) is 8.42 Å². The molecule has 0 saturated heterocycles. The molecule has 0 aliphatic heterocycles. The second kappa shape index (κ2) is 13.5. The lowest BCUT2D eigenvalue weighted by molar-refractivity contribution is -0.140. The van der Waals surface area contributed by atoms with E-state index in [1.54, 1.807) is 37.3 Å². The molecular weight excluding hydrogens is 605 g/mol. The summed E-state index contributed by atoms with van der Waals surface area (Å²) in [5, 5.41) is 4.04. The van der Waals surface area contributed by atoms with Gasteiger partial charge in [0, 0.05) is 33.6 Å². The second-order valence-electron chi connectivity index (χ2n) is 10.9. The Balaban J connectivity index is 2.13. The normalized spacial score (nSPS) is 12.5. The van der Waals surface area contributed by atoms with E-state index in [-0.39, 0.29) is 24.6 Å². The zero-order valence-corrected chi connectivity index (χ0v) is 26.7. The number of rotatable bonds is 10. The Morgan fingerprint density at radius 3 is 2.12 bits per heavy atom. The molecule has 220 valence electrons. The summed E-state index contributed by atoms with van der Waals surface area (Å²) >= 11 is 18.8. The van der Waals surface area contributed by atoms with Crippen LogP contribution in [0.3, 0.4) is 0 Å². The van der Waals surface area contributed by atoms with E-state index in [0.717, 1.165) is 16.1 Å². The molecule has 1 N–H and O–H groups in total. The van der Waals surface area contributed by atoms with Gasteiger partial charge >= 0.3 is 0 Å². The summed E-state index contributed by atoms with van der Waals surface area (Å²) in [4.78, 5) is 29.3. The van der Waals surface area contributed by atoms with Gasteiger partial charge in [-0.3, -0.25) is 13.9 Å². The summed E-state index contributed by atoms with van der Waals surface area (Å²) < 4.78 is 27.0. The topological polar surface area (TPSA) is 86.8 Å². The lowest BCUT2D eigenvalue weighted by Crippen LogP contribution is -2.56. The first kappa shape index (κ1) is 32.7. The van der Waals surface area contributed by atoms with Crippen LogP contribution >= 0.6 is 34.8 Å². The van der Waals surface area contributed by atoms with Gasteiger partial charge in [0.25, 0.3) is 0 Å². The molecule has 0 bridgehead atoms. The fourth-order valence-corrected chi connectivity index (χ4v) is 5.82. The SMILES string of the molecule is Cc1ccc(Cl)cc1N(CC(=O)N(Cc1ccc(Cl)cc1Cl)[C@@H](Cc1ccccc1)C(=O)NC(C)(C)C)S(C)(=O)=O. The monoisotopic (exact) mass is 637 g/mol. The molecule has 0 saturated carbocycles. The summed E-state index contributed by atoms with van der Waals surface area (Å²) in [5.41, 5.74) is 1.68. The van der Waals surface area contributed by atoms with Crippen LogP contribution in [-0.2, 0) is 32.6 Å². The molecule has 2 amide bonds. The first-order valence-corrected chi connectivity index (χ1v) is 15.9. The van der Waals surface area contributed by atoms with Crippen molar-refractivity contribution in [3.05, 3.63) is 98.5 Å². The standard InChI is InChI=1S/C30H34Cl3N3O4S/c1-20-11-13-24(32)17-26(20)36(41(5,39)40)19-28(37)35(18-22-12-14-23(31)16-25(22)33)27(29(38)34-30(2,3)4)15-21-9-7-6-8-10-21/h6-14,16-17,27H,15,18-19H2,1-5H3,(H,34,38)/t27-/m0/s1. The molecule has 3 aromatic carbocycles. The predicted octanol–water partition coefficient (Wildman–Crippen LogP) is 6.28. The number of carbonyl (C=O) groups excluding carboxylic acids is 2. The van der Waals surface area contributed by atoms with E-state index in [1.165, 1.54) is 11.0 Å². The van der Waals surface area contributed by atoms with Gasteiger partial charge in [-0.1, -0.05) is 77.3 Å². The Labute approximate surface area is 257 Å². The van der Waals surface area contributed by atoms with E-state index in [4.69, 9.17) is 34.8 Å². The highest BCUT2D eigenvalue weighted by Crippen LogP contribution is 2.28. The minimum atomic E-state index is -3.92. The molecule has 11 heteroatoms. The highest BCUT2D eigenvalue weighted by atomic mass is 35.5. The quantitative estimate of drug-likeness (QED) is 0.283. The van der Waals surface area contributed by atoms with Crippen LogP contribution in [0.1, 0.15) is 37.5 Å². The van der Waals surface area contributed by atoms with Crippen LogP contribution in [0.5, 0.6) is 0 Å². The Morgan fingerprint density at radius 1 is 0.927 bits per heavy atom. The smallest absolute Gasteiger partial charge is 0.244 e. The third-order valence-electron chi connectivity index (χ3n) is 6.24. The van der Waals surface area contributed by atoms with Gasteiger partial charge < -0.3 is 10.2 Å². The summed E-state index contributed by atoms with van der Waals surface area (Å²) in [6.45, 7) is 6.66. The van der Waals surface area contributed by atoms with Crippen LogP contribution in [0.4, 0.5) is 5.69 Å². The lowest BCUT2D eigenvalue weighted by Gasteiger charge is -2.35. The molecule has 0 aliphatic rings. The Morgan fingerprint density at radius 2 is 1.54 bits per heavy atom. The molecule has 41 heavy (non-hydrogen) atoms. The van der Waals surface area contributed by atoms with Gasteiger partial charge in [0.2, 0.25) is 21.8 Å². The van der Waals surface area contributed by atoms with Gasteiger partial charge in [-0.05, 0) is 68.7 Å². The molecule has 0 heterocycles. The molecule has 3 rings (SSSR count). The van der Waals surface area contributed by atoms with Crippen molar-refractivity contribution in [1.29, 1.82) is 0 Å². The van der Waals surface area contributed by atoms with E-state index in [9.17, 15) is 18.0 Å². The molecule has 1 atom stereocenters. The molecule has 0 aliphatic carbocycles. The minimum absolute atomic E-state index is 0.0595. The van der Waals surface area contributed by atoms with Crippen LogP contribution in [0, 0.1) is 6.92 Å². The number of halogens is 3. The Kier molecular flexibility index (Phi) is 10.7. The number of aryl methyl sites for hydroxylation is 1. The van der Waals surface area contributed by atoms with Crippen molar-refractivity contribution in [3.63, 3.8) is 0 Å². The van der Waals surface area contributed by atoms with Gasteiger partial charge in [0.05, 0.1) is 11.9 Å². The first-order valence-electron chi connectivity index (χ1n) is 12.9. The lowest BCUT2D eigenvalue weighted by atomic mass is 10.0. The van der Waals surface area contributed by atoms with Crippen LogP contribution in [0.15, 0.2) is 66.7 Å². The van der Waals surface area contributed by atoms with Crippen LogP contribution in [-0.4, -0.2) is 49.5 Å². The van der Waals surface area contributed by atoms with Crippen molar-refractivity contribution in [2.45, 2.75) is 52.2 Å². The molecule has 0 radical (unpaired) electrons. The number of nitrogens with zero attached hydrogens (tertiary/aromatic N) is 2. The van der Waals surface area contributed by atoms with Crippen molar-refractivity contribution < 1.29 is 18.0 Å². The maximum absolute atomic E-state index is 14.2. The van der Waals surface area contributed by atoms with Crippen molar-refractivity contribution in [2.75, 3.05) is 17.1 Å². The van der Waals surface area contributed by atoms with Gasteiger partial charge in [0.1, 0.15) is 12.6 Å². The zero-order valence-electron chi connectivity index (χ0n) is 23.6. The summed E-state index contributed by atoms with van der Waals surface area (Å²) in [6.07, 6.45) is 1.21. The number of hydrogen-bond acceptors (Lipinski definition) is 4. The molecule has 7 nitrogen and oxygen atoms in total. The van der Waals surface area contributed by atoms with E-state index in [2.05, 4.69) is 5.32 Å². The Hall–Kier alpha value is -2.78. The fourth-order valence-electron chi connectivity index (χ4n) is 4.29. The van der Waals surface area contributed by atoms with Crippen molar-refractivity contribution in [3.8, 4) is 0 Å². The largest absolute Gasteiger partial charge is 0.350 e. The molecule has 0 aromatic heterocycles. The van der Waals surface area contributed by atoms with Gasteiger partial charge in [0.15, 0.2) is 0 Å². The summed E-state index contributed by atoms with van der Waals surface area (Å²) in [5.74, 6) is -0.976. The average molecular weight is 639 g/mol. The van der Waals surface area contributed by atoms with Crippen LogP contribution < -0.4 is 9.62 Å². The van der Waals surface area contributed by atoms with Gasteiger partial charge in [-0.15, -0.1) is 0 Å². The summed E-state index contributed by atoms with van der Waals surface area (Å²) in [7, 11) is -3.92. The molecule has 0 fully saturated rings. The molecule has 0 unspecified atom stereocenters. The maximum Gasteiger partial charge on any atom is 0.244 e. The predicted molar refractivity (Wildman–Crippen MR) is 167 cm³/mol. The van der Waals surface area contributed by atoms with Crippen LogP contribution in [0.25, 0.3) is 0 Å². The maximum atomic E-state index is 14.2. The highest BCUT2D eigenvalue weighted by Gasteiger charge is 2.35. The van der Waals surface area contributed by atoms with Gasteiger partial charge in [-0.2, -0.15) is 0 Å². The van der Waals surface area contributed by atoms with Crippen molar-refractivity contribution in [1.82, 2.24) is 10.2 Å². The molecule has 3 aromatic rings. The summed E-state index contributed by atoms with van der Waals surface area (Å²) in [6, 6.07) is 18.0. The zero-order chi connectivity index (χ0) is 30.5. The van der Waals surface area contributed by atoms with Crippen molar-refractivity contribution in [2.24, 2.45) is 0 Å². The number of nitrogens with one attached hydrogen (secondary N) is 1. The number of carbonyl (C=O) groups is 2. The molecule has 0 spiro atoms. The minimum Gasteiger partial charge on any atom is -0.350 e. The fraction of sp³-hybridized carbons (Fsp3) is 0.333. The number of sulfonamides is 1. The highest BCUT2D eigenvalue weighted by molar-refractivity contribution is 7.92. The van der Waals surface area contributed by atoms with Crippen molar-refractivity contribution >= 4 is 62.3 Å². The van der Waals surface area contributed by atoms with E-state index >= 15 is 0 Å².